The van der Waals surface area contributed by atoms with Gasteiger partial charge in [0.25, 0.3) is 0 Å². The van der Waals surface area contributed by atoms with Gasteiger partial charge in [0.05, 0.1) is 31.2 Å². The highest BCUT2D eigenvalue weighted by molar-refractivity contribution is 5.68. The number of nitrogens with two attached hydrogens (primary N) is 1. The lowest BCUT2D eigenvalue weighted by atomic mass is 9.87. The zero-order chi connectivity index (χ0) is 19.3. The molecule has 0 spiro atoms. The van der Waals surface area contributed by atoms with Crippen LogP contribution in [0.3, 0.4) is 0 Å². The zero-order valence-corrected chi connectivity index (χ0v) is 15.6. The fraction of sp³-hybridized carbons (Fsp3) is 0.400. The van der Waals surface area contributed by atoms with E-state index in [0.717, 1.165) is 55.4 Å². The maximum absolute atomic E-state index is 13.3. The molecule has 0 bridgehead atoms. The minimum absolute atomic E-state index is 0.0488. The standard InChI is InChI=1S/C20H24FN5O2/c21-16-3-1-14(2-4-16)15-11-18-17(13-23-20(22)24-18)19(12-15)25-28-10-7-26-5-8-27-9-6-26/h1-4,12-13,15,25H,5-11H2,(H2,22,23,24). The Hall–Kier alpha value is -2.55. The van der Waals surface area contributed by atoms with Crippen LogP contribution in [0.1, 0.15) is 22.7 Å². The van der Waals surface area contributed by atoms with Crippen molar-refractivity contribution < 1.29 is 14.0 Å². The SMILES string of the molecule is Nc1ncc2c(n1)CC(c1ccc(F)cc1)C=C2NOCCN1CCOCC1. The summed E-state index contributed by atoms with van der Waals surface area (Å²) in [7, 11) is 0. The zero-order valence-electron chi connectivity index (χ0n) is 15.6. The molecule has 2 heterocycles. The number of halogens is 1. The first-order chi connectivity index (χ1) is 13.7. The van der Waals surface area contributed by atoms with E-state index in [0.29, 0.717) is 13.0 Å². The van der Waals surface area contributed by atoms with Crippen LogP contribution in [0.2, 0.25) is 0 Å². The van der Waals surface area contributed by atoms with E-state index in [4.69, 9.17) is 15.3 Å². The number of anilines is 1. The highest BCUT2D eigenvalue weighted by Gasteiger charge is 2.23. The molecular formula is C20H24FN5O2. The van der Waals surface area contributed by atoms with Crippen LogP contribution in [-0.2, 0) is 16.0 Å². The van der Waals surface area contributed by atoms with E-state index >= 15 is 0 Å². The molecule has 1 aliphatic heterocycles. The molecule has 8 heteroatoms. The van der Waals surface area contributed by atoms with E-state index in [1.807, 2.05) is 0 Å². The number of hydroxylamine groups is 1. The normalized spacial score (nSPS) is 19.8. The smallest absolute Gasteiger partial charge is 0.220 e. The largest absolute Gasteiger partial charge is 0.379 e. The number of morpholine rings is 1. The number of nitrogens with one attached hydrogen (secondary N) is 1. The van der Waals surface area contributed by atoms with Crippen molar-refractivity contribution in [1.82, 2.24) is 20.3 Å². The van der Waals surface area contributed by atoms with Gasteiger partial charge >= 0.3 is 0 Å². The summed E-state index contributed by atoms with van der Waals surface area (Å²) in [5.74, 6) is 0.0409. The number of ether oxygens (including phenoxy) is 1. The van der Waals surface area contributed by atoms with E-state index < -0.39 is 0 Å². The maximum atomic E-state index is 13.3. The molecular weight excluding hydrogens is 361 g/mol. The molecule has 4 rings (SSSR count). The molecule has 0 radical (unpaired) electrons. The van der Waals surface area contributed by atoms with Crippen molar-refractivity contribution >= 4 is 11.6 Å². The first-order valence-corrected chi connectivity index (χ1v) is 9.46. The van der Waals surface area contributed by atoms with Crippen molar-refractivity contribution in [3.63, 3.8) is 0 Å². The van der Waals surface area contributed by atoms with E-state index in [2.05, 4.69) is 26.4 Å². The Morgan fingerprint density at radius 3 is 2.82 bits per heavy atom. The number of hydrogen-bond donors (Lipinski definition) is 2. The predicted molar refractivity (Wildman–Crippen MR) is 104 cm³/mol. The lowest BCUT2D eigenvalue weighted by Crippen LogP contribution is -2.39. The molecule has 1 fully saturated rings. The molecule has 148 valence electrons. The van der Waals surface area contributed by atoms with Gasteiger partial charge in [-0.25, -0.2) is 14.4 Å². The quantitative estimate of drug-likeness (QED) is 0.579. The van der Waals surface area contributed by atoms with Crippen LogP contribution in [0.25, 0.3) is 5.70 Å². The highest BCUT2D eigenvalue weighted by Crippen LogP contribution is 2.32. The fourth-order valence-corrected chi connectivity index (χ4v) is 3.51. The number of allylic oxidation sites excluding steroid dienone is 1. The summed E-state index contributed by atoms with van der Waals surface area (Å²) in [4.78, 5) is 16.5. The minimum atomic E-state index is -0.250. The minimum Gasteiger partial charge on any atom is -0.379 e. The highest BCUT2D eigenvalue weighted by atomic mass is 19.1. The van der Waals surface area contributed by atoms with E-state index in [-0.39, 0.29) is 17.7 Å². The second kappa shape index (κ2) is 8.64. The van der Waals surface area contributed by atoms with E-state index in [9.17, 15) is 4.39 Å². The summed E-state index contributed by atoms with van der Waals surface area (Å²) in [6, 6.07) is 6.53. The van der Waals surface area contributed by atoms with Gasteiger partial charge in [0.2, 0.25) is 5.95 Å². The maximum Gasteiger partial charge on any atom is 0.220 e. The number of aromatic nitrogens is 2. The van der Waals surface area contributed by atoms with Gasteiger partial charge in [-0.1, -0.05) is 18.2 Å². The summed E-state index contributed by atoms with van der Waals surface area (Å²) in [6.07, 6.45) is 4.46. The second-order valence-corrected chi connectivity index (χ2v) is 6.94. The summed E-state index contributed by atoms with van der Waals surface area (Å²) in [6.45, 7) is 4.76. The van der Waals surface area contributed by atoms with Gasteiger partial charge in [-0.15, -0.1) is 0 Å². The Morgan fingerprint density at radius 1 is 1.25 bits per heavy atom. The van der Waals surface area contributed by atoms with Crippen LogP contribution in [0.4, 0.5) is 10.3 Å². The van der Waals surface area contributed by atoms with Crippen molar-refractivity contribution in [1.29, 1.82) is 0 Å². The van der Waals surface area contributed by atoms with Gasteiger partial charge in [0.15, 0.2) is 0 Å². The summed E-state index contributed by atoms with van der Waals surface area (Å²) in [5, 5.41) is 0. The fourth-order valence-electron chi connectivity index (χ4n) is 3.51. The Kier molecular flexibility index (Phi) is 5.80. The van der Waals surface area contributed by atoms with Crippen LogP contribution in [0.5, 0.6) is 0 Å². The van der Waals surface area contributed by atoms with Gasteiger partial charge in [0.1, 0.15) is 5.82 Å². The van der Waals surface area contributed by atoms with Crippen LogP contribution in [-0.4, -0.2) is 54.3 Å². The van der Waals surface area contributed by atoms with Gasteiger partial charge in [-0.3, -0.25) is 15.2 Å². The number of benzene rings is 1. The Bertz CT molecular complexity index is 837. The third-order valence-corrected chi connectivity index (χ3v) is 5.05. The summed E-state index contributed by atoms with van der Waals surface area (Å²) in [5.41, 5.74) is 12.4. The molecule has 2 aliphatic rings. The van der Waals surface area contributed by atoms with Crippen molar-refractivity contribution in [2.24, 2.45) is 0 Å². The number of nitrogens with zero attached hydrogens (tertiary/aromatic N) is 3. The molecule has 3 N–H and O–H groups in total. The molecule has 1 atom stereocenters. The number of nitrogen functional groups attached to an aromatic ring is 1. The molecule has 1 unspecified atom stereocenters. The monoisotopic (exact) mass is 385 g/mol. The molecule has 0 saturated carbocycles. The average Bonchev–Trinajstić information content (AvgIpc) is 2.72. The third-order valence-electron chi connectivity index (χ3n) is 5.05. The van der Waals surface area contributed by atoms with Gasteiger partial charge in [-0.05, 0) is 17.7 Å². The van der Waals surface area contributed by atoms with Crippen LogP contribution in [0.15, 0.2) is 36.5 Å². The molecule has 2 aromatic rings. The summed E-state index contributed by atoms with van der Waals surface area (Å²) >= 11 is 0. The molecule has 1 aromatic carbocycles. The lowest BCUT2D eigenvalue weighted by Gasteiger charge is -2.27. The first-order valence-electron chi connectivity index (χ1n) is 9.46. The van der Waals surface area contributed by atoms with Crippen LogP contribution in [0, 0.1) is 5.82 Å². The lowest BCUT2D eigenvalue weighted by molar-refractivity contribution is 0.00845. The van der Waals surface area contributed by atoms with Crippen molar-refractivity contribution in [3.05, 3.63) is 59.2 Å². The summed E-state index contributed by atoms with van der Waals surface area (Å²) < 4.78 is 18.6. The molecule has 7 nitrogen and oxygen atoms in total. The van der Waals surface area contributed by atoms with E-state index in [1.54, 1.807) is 18.3 Å². The van der Waals surface area contributed by atoms with Gasteiger partial charge in [0, 0.05) is 43.7 Å². The first kappa shape index (κ1) is 18.8. The van der Waals surface area contributed by atoms with Crippen LogP contribution < -0.4 is 11.2 Å². The van der Waals surface area contributed by atoms with E-state index in [1.165, 1.54) is 12.1 Å². The molecule has 1 aromatic heterocycles. The van der Waals surface area contributed by atoms with Gasteiger partial charge in [-0.2, -0.15) is 0 Å². The Labute approximate surface area is 163 Å². The average molecular weight is 385 g/mol. The third kappa shape index (κ3) is 4.46. The van der Waals surface area contributed by atoms with Crippen molar-refractivity contribution in [2.75, 3.05) is 45.2 Å². The number of fused-ring (bicyclic) bond motifs is 1. The van der Waals surface area contributed by atoms with Crippen LogP contribution >= 0.6 is 0 Å². The number of rotatable bonds is 6. The topological polar surface area (TPSA) is 85.5 Å². The molecule has 0 amide bonds. The Balaban J connectivity index is 1.46. The van der Waals surface area contributed by atoms with Crippen molar-refractivity contribution in [2.45, 2.75) is 12.3 Å². The van der Waals surface area contributed by atoms with Crippen molar-refractivity contribution in [3.8, 4) is 0 Å². The molecule has 1 aliphatic carbocycles. The van der Waals surface area contributed by atoms with Gasteiger partial charge < -0.3 is 10.5 Å². The molecule has 28 heavy (non-hydrogen) atoms. The number of hydrogen-bond acceptors (Lipinski definition) is 7. The predicted octanol–water partition coefficient (Wildman–Crippen LogP) is 1.73. The Morgan fingerprint density at radius 2 is 2.04 bits per heavy atom. The molecule has 1 saturated heterocycles. The second-order valence-electron chi connectivity index (χ2n) is 6.94.